The van der Waals surface area contributed by atoms with Crippen molar-refractivity contribution in [2.24, 2.45) is 0 Å². The second kappa shape index (κ2) is 7.12. The number of nitrogens with zero attached hydrogens (tertiary/aromatic N) is 2. The molecule has 1 amide bonds. The molecule has 1 aromatic rings. The summed E-state index contributed by atoms with van der Waals surface area (Å²) in [5.41, 5.74) is 1.50. The highest BCUT2D eigenvalue weighted by atomic mass is 16.2. The van der Waals surface area contributed by atoms with Crippen LogP contribution in [-0.2, 0) is 4.79 Å². The Bertz CT molecular complexity index is 529. The molecule has 2 rings (SSSR count). The summed E-state index contributed by atoms with van der Waals surface area (Å²) in [5, 5.41) is 12.1. The highest BCUT2D eigenvalue weighted by molar-refractivity contribution is 5.85. The quantitative estimate of drug-likeness (QED) is 0.925. The van der Waals surface area contributed by atoms with Gasteiger partial charge in [-0.3, -0.25) is 4.79 Å². The van der Waals surface area contributed by atoms with Crippen LogP contribution in [0, 0.1) is 11.3 Å². The third-order valence-electron chi connectivity index (χ3n) is 4.29. The smallest absolute Gasteiger partial charge is 0.242 e. The molecule has 1 fully saturated rings. The number of likely N-dealkylation sites (N-methyl/N-ethyl adjacent to an activating group) is 1. The van der Waals surface area contributed by atoms with Crippen LogP contribution in [0.25, 0.3) is 0 Å². The molecule has 1 aliphatic rings. The van der Waals surface area contributed by atoms with Crippen molar-refractivity contribution in [2.45, 2.75) is 51.1 Å². The standard InChI is InChI=1S/C17H23N3O/c1-13(17(21)19-15-8-4-3-5-9-15)20(2)16-10-6-7-14(11-16)12-18/h6-7,10-11,13,15H,3-5,8-9H2,1-2H3,(H,19,21). The van der Waals surface area contributed by atoms with Crippen LogP contribution in [0.15, 0.2) is 24.3 Å². The zero-order chi connectivity index (χ0) is 15.2. The number of rotatable bonds is 4. The lowest BCUT2D eigenvalue weighted by Crippen LogP contribution is -2.47. The summed E-state index contributed by atoms with van der Waals surface area (Å²) in [7, 11) is 1.89. The van der Waals surface area contributed by atoms with Gasteiger partial charge < -0.3 is 10.2 Å². The van der Waals surface area contributed by atoms with E-state index in [4.69, 9.17) is 5.26 Å². The van der Waals surface area contributed by atoms with E-state index in [0.29, 0.717) is 11.6 Å². The van der Waals surface area contributed by atoms with E-state index in [1.54, 1.807) is 6.07 Å². The van der Waals surface area contributed by atoms with Gasteiger partial charge in [0.25, 0.3) is 0 Å². The average Bonchev–Trinajstić information content (AvgIpc) is 2.54. The van der Waals surface area contributed by atoms with Crippen molar-refractivity contribution < 1.29 is 4.79 Å². The van der Waals surface area contributed by atoms with Crippen LogP contribution >= 0.6 is 0 Å². The summed E-state index contributed by atoms with van der Waals surface area (Å²) in [4.78, 5) is 14.3. The second-order valence-corrected chi connectivity index (χ2v) is 5.79. The molecule has 0 bridgehead atoms. The van der Waals surface area contributed by atoms with Crippen molar-refractivity contribution in [3.8, 4) is 6.07 Å². The Kier molecular flexibility index (Phi) is 5.21. The minimum absolute atomic E-state index is 0.0618. The van der Waals surface area contributed by atoms with Crippen molar-refractivity contribution in [1.82, 2.24) is 5.32 Å². The Hall–Kier alpha value is -2.02. The Morgan fingerprint density at radius 2 is 2.10 bits per heavy atom. The van der Waals surface area contributed by atoms with Crippen molar-refractivity contribution in [3.05, 3.63) is 29.8 Å². The normalized spacial score (nSPS) is 16.8. The Morgan fingerprint density at radius 1 is 1.38 bits per heavy atom. The largest absolute Gasteiger partial charge is 0.363 e. The van der Waals surface area contributed by atoms with Gasteiger partial charge in [0.05, 0.1) is 11.6 Å². The summed E-state index contributed by atoms with van der Waals surface area (Å²) < 4.78 is 0. The number of nitriles is 1. The van der Waals surface area contributed by atoms with E-state index in [2.05, 4.69) is 11.4 Å². The fourth-order valence-electron chi connectivity index (χ4n) is 2.76. The Morgan fingerprint density at radius 3 is 2.76 bits per heavy atom. The summed E-state index contributed by atoms with van der Waals surface area (Å²) >= 11 is 0. The van der Waals surface area contributed by atoms with Crippen LogP contribution in [0.2, 0.25) is 0 Å². The van der Waals surface area contributed by atoms with Gasteiger partial charge in [-0.15, -0.1) is 0 Å². The summed E-state index contributed by atoms with van der Waals surface area (Å²) in [5.74, 6) is 0.0618. The zero-order valence-electron chi connectivity index (χ0n) is 12.8. The molecular formula is C17H23N3O. The number of nitrogens with one attached hydrogen (secondary N) is 1. The maximum absolute atomic E-state index is 12.4. The molecule has 0 saturated heterocycles. The molecule has 0 heterocycles. The Labute approximate surface area is 126 Å². The van der Waals surface area contributed by atoms with E-state index >= 15 is 0 Å². The third-order valence-corrected chi connectivity index (χ3v) is 4.29. The van der Waals surface area contributed by atoms with Crippen LogP contribution in [-0.4, -0.2) is 25.0 Å². The van der Waals surface area contributed by atoms with Gasteiger partial charge in [0.1, 0.15) is 6.04 Å². The zero-order valence-corrected chi connectivity index (χ0v) is 12.8. The first-order valence-corrected chi connectivity index (χ1v) is 7.65. The highest BCUT2D eigenvalue weighted by Gasteiger charge is 2.22. The van der Waals surface area contributed by atoms with Gasteiger partial charge in [0.2, 0.25) is 5.91 Å². The van der Waals surface area contributed by atoms with E-state index in [1.807, 2.05) is 37.1 Å². The van der Waals surface area contributed by atoms with Crippen LogP contribution in [0.1, 0.15) is 44.6 Å². The second-order valence-electron chi connectivity index (χ2n) is 5.79. The first kappa shape index (κ1) is 15.4. The lowest BCUT2D eigenvalue weighted by atomic mass is 9.95. The molecule has 4 heteroatoms. The predicted molar refractivity (Wildman–Crippen MR) is 84.0 cm³/mol. The number of carbonyl (C=O) groups is 1. The summed E-state index contributed by atoms with van der Waals surface area (Å²) in [6.45, 7) is 1.90. The van der Waals surface area contributed by atoms with Crippen LogP contribution in [0.3, 0.4) is 0 Å². The fourth-order valence-corrected chi connectivity index (χ4v) is 2.76. The van der Waals surface area contributed by atoms with E-state index in [1.165, 1.54) is 19.3 Å². The van der Waals surface area contributed by atoms with E-state index in [9.17, 15) is 4.79 Å². The molecule has 1 unspecified atom stereocenters. The first-order chi connectivity index (χ1) is 10.1. The maximum atomic E-state index is 12.4. The molecule has 1 saturated carbocycles. The molecule has 1 aliphatic carbocycles. The topological polar surface area (TPSA) is 56.1 Å². The molecule has 1 atom stereocenters. The minimum Gasteiger partial charge on any atom is -0.363 e. The third kappa shape index (κ3) is 3.98. The van der Waals surface area contributed by atoms with Gasteiger partial charge in [0, 0.05) is 18.8 Å². The van der Waals surface area contributed by atoms with Gasteiger partial charge in [-0.2, -0.15) is 5.26 Å². The summed E-state index contributed by atoms with van der Waals surface area (Å²) in [6, 6.07) is 9.55. The van der Waals surface area contributed by atoms with Crippen LogP contribution in [0.5, 0.6) is 0 Å². The van der Waals surface area contributed by atoms with Gasteiger partial charge >= 0.3 is 0 Å². The maximum Gasteiger partial charge on any atom is 0.242 e. The molecular weight excluding hydrogens is 262 g/mol. The SMILES string of the molecule is CC(C(=O)NC1CCCCC1)N(C)c1cccc(C#N)c1. The van der Waals surface area contributed by atoms with Gasteiger partial charge in [-0.25, -0.2) is 0 Å². The van der Waals surface area contributed by atoms with Gasteiger partial charge in [-0.1, -0.05) is 25.3 Å². The van der Waals surface area contributed by atoms with E-state index in [0.717, 1.165) is 18.5 Å². The van der Waals surface area contributed by atoms with Crippen molar-refractivity contribution in [1.29, 1.82) is 5.26 Å². The number of amides is 1. The molecule has 1 aromatic carbocycles. The molecule has 0 aliphatic heterocycles. The molecule has 1 N–H and O–H groups in total. The van der Waals surface area contributed by atoms with Gasteiger partial charge in [0.15, 0.2) is 0 Å². The van der Waals surface area contributed by atoms with E-state index in [-0.39, 0.29) is 11.9 Å². The summed E-state index contributed by atoms with van der Waals surface area (Å²) in [6.07, 6.45) is 5.87. The Balaban J connectivity index is 1.98. The molecule has 112 valence electrons. The number of hydrogen-bond donors (Lipinski definition) is 1. The lowest BCUT2D eigenvalue weighted by Gasteiger charge is -2.29. The first-order valence-electron chi connectivity index (χ1n) is 7.65. The molecule has 21 heavy (non-hydrogen) atoms. The van der Waals surface area contributed by atoms with Crippen LogP contribution in [0.4, 0.5) is 5.69 Å². The van der Waals surface area contributed by atoms with Crippen molar-refractivity contribution in [3.63, 3.8) is 0 Å². The average molecular weight is 285 g/mol. The monoisotopic (exact) mass is 285 g/mol. The lowest BCUT2D eigenvalue weighted by molar-refractivity contribution is -0.122. The number of anilines is 1. The molecule has 0 radical (unpaired) electrons. The van der Waals surface area contributed by atoms with Gasteiger partial charge in [-0.05, 0) is 38.0 Å². The van der Waals surface area contributed by atoms with E-state index < -0.39 is 0 Å². The molecule has 0 aromatic heterocycles. The van der Waals surface area contributed by atoms with Crippen LogP contribution < -0.4 is 10.2 Å². The predicted octanol–water partition coefficient (Wildman–Crippen LogP) is 2.83. The number of hydrogen-bond acceptors (Lipinski definition) is 3. The minimum atomic E-state index is -0.249. The van der Waals surface area contributed by atoms with Crippen molar-refractivity contribution in [2.75, 3.05) is 11.9 Å². The molecule has 0 spiro atoms. The fraction of sp³-hybridized carbons (Fsp3) is 0.529. The van der Waals surface area contributed by atoms with Crippen molar-refractivity contribution >= 4 is 11.6 Å². The number of benzene rings is 1. The highest BCUT2D eigenvalue weighted by Crippen LogP contribution is 2.19. The number of carbonyl (C=O) groups excluding carboxylic acids is 1. The molecule has 4 nitrogen and oxygen atoms in total.